The third kappa shape index (κ3) is 4.88. The number of hydrogen-bond donors (Lipinski definition) is 1. The van der Waals surface area contributed by atoms with E-state index in [2.05, 4.69) is 47.7 Å². The molecule has 1 N–H and O–H groups in total. The first-order valence-corrected chi connectivity index (χ1v) is 7.26. The number of ether oxygens (including phenoxy) is 2. The predicted octanol–water partition coefficient (Wildman–Crippen LogP) is 3.91. The molecule has 0 heterocycles. The Bertz CT molecular complexity index is 421. The second-order valence-electron chi connectivity index (χ2n) is 4.36. The Hall–Kier alpha value is -1.00. The van der Waals surface area contributed by atoms with Crippen molar-refractivity contribution in [1.29, 1.82) is 0 Å². The lowest BCUT2D eigenvalue weighted by atomic mass is 10.2. The van der Waals surface area contributed by atoms with E-state index in [-0.39, 0.29) is 6.04 Å². The van der Waals surface area contributed by atoms with Gasteiger partial charge in [0.2, 0.25) is 0 Å². The van der Waals surface area contributed by atoms with E-state index >= 15 is 0 Å². The SMILES string of the molecule is C=CC(C)NCc1cc(Br)c(OCCC)c(OC)c1. The van der Waals surface area contributed by atoms with Crippen molar-refractivity contribution < 1.29 is 9.47 Å². The molecule has 106 valence electrons. The second kappa shape index (κ2) is 8.23. The number of methoxy groups -OCH3 is 1. The molecule has 3 nitrogen and oxygen atoms in total. The third-order valence-corrected chi connectivity index (χ3v) is 3.31. The van der Waals surface area contributed by atoms with Crippen LogP contribution in [0.5, 0.6) is 11.5 Å². The summed E-state index contributed by atoms with van der Waals surface area (Å²) in [5.74, 6) is 1.52. The smallest absolute Gasteiger partial charge is 0.175 e. The average molecular weight is 328 g/mol. The van der Waals surface area contributed by atoms with E-state index in [9.17, 15) is 0 Å². The van der Waals surface area contributed by atoms with Gasteiger partial charge in [0, 0.05) is 12.6 Å². The lowest BCUT2D eigenvalue weighted by molar-refractivity contribution is 0.292. The van der Waals surface area contributed by atoms with Gasteiger partial charge in [-0.15, -0.1) is 6.58 Å². The molecule has 1 aromatic rings. The molecule has 0 spiro atoms. The van der Waals surface area contributed by atoms with Gasteiger partial charge >= 0.3 is 0 Å². The molecular weight excluding hydrogens is 306 g/mol. The molecule has 1 atom stereocenters. The number of halogens is 1. The van der Waals surface area contributed by atoms with Crippen molar-refractivity contribution in [3.63, 3.8) is 0 Å². The summed E-state index contributed by atoms with van der Waals surface area (Å²) < 4.78 is 12.0. The molecule has 1 unspecified atom stereocenters. The van der Waals surface area contributed by atoms with Crippen molar-refractivity contribution >= 4 is 15.9 Å². The van der Waals surface area contributed by atoms with E-state index in [0.29, 0.717) is 6.61 Å². The second-order valence-corrected chi connectivity index (χ2v) is 5.22. The Morgan fingerprint density at radius 3 is 2.79 bits per heavy atom. The summed E-state index contributed by atoms with van der Waals surface area (Å²) in [6.45, 7) is 9.34. The van der Waals surface area contributed by atoms with E-state index in [1.54, 1.807) is 7.11 Å². The van der Waals surface area contributed by atoms with Gasteiger partial charge in [-0.2, -0.15) is 0 Å². The lowest BCUT2D eigenvalue weighted by Crippen LogP contribution is -2.22. The van der Waals surface area contributed by atoms with Crippen LogP contribution in [-0.2, 0) is 6.54 Å². The lowest BCUT2D eigenvalue weighted by Gasteiger charge is -2.15. The van der Waals surface area contributed by atoms with Crippen LogP contribution in [0.3, 0.4) is 0 Å². The van der Waals surface area contributed by atoms with Gasteiger partial charge < -0.3 is 14.8 Å². The molecule has 1 aromatic carbocycles. The maximum atomic E-state index is 5.70. The highest BCUT2D eigenvalue weighted by Gasteiger charge is 2.11. The van der Waals surface area contributed by atoms with Crippen molar-refractivity contribution in [3.8, 4) is 11.5 Å². The van der Waals surface area contributed by atoms with Gasteiger partial charge in [0.15, 0.2) is 11.5 Å². The fourth-order valence-electron chi connectivity index (χ4n) is 1.58. The molecule has 0 aliphatic rings. The van der Waals surface area contributed by atoms with Crippen molar-refractivity contribution in [2.75, 3.05) is 13.7 Å². The van der Waals surface area contributed by atoms with Gasteiger partial charge in [-0.3, -0.25) is 0 Å². The monoisotopic (exact) mass is 327 g/mol. The zero-order chi connectivity index (χ0) is 14.3. The number of benzene rings is 1. The fraction of sp³-hybridized carbons (Fsp3) is 0.467. The third-order valence-electron chi connectivity index (χ3n) is 2.72. The first-order valence-electron chi connectivity index (χ1n) is 6.47. The van der Waals surface area contributed by atoms with E-state index in [1.807, 2.05) is 12.1 Å². The van der Waals surface area contributed by atoms with E-state index in [1.165, 1.54) is 0 Å². The molecule has 0 aromatic heterocycles. The molecule has 0 aliphatic heterocycles. The maximum Gasteiger partial charge on any atom is 0.175 e. The zero-order valence-corrected chi connectivity index (χ0v) is 13.4. The molecule has 0 saturated heterocycles. The number of nitrogens with one attached hydrogen (secondary N) is 1. The van der Waals surface area contributed by atoms with Crippen LogP contribution in [0.4, 0.5) is 0 Å². The quantitative estimate of drug-likeness (QED) is 0.734. The Labute approximate surface area is 124 Å². The van der Waals surface area contributed by atoms with Gasteiger partial charge in [0.1, 0.15) is 0 Å². The minimum atomic E-state index is 0.279. The topological polar surface area (TPSA) is 30.5 Å². The van der Waals surface area contributed by atoms with Crippen LogP contribution in [0.2, 0.25) is 0 Å². The first-order chi connectivity index (χ1) is 9.12. The normalized spacial score (nSPS) is 12.0. The minimum absolute atomic E-state index is 0.279. The molecule has 1 rings (SSSR count). The van der Waals surface area contributed by atoms with E-state index in [4.69, 9.17) is 9.47 Å². The van der Waals surface area contributed by atoms with Crippen molar-refractivity contribution in [3.05, 3.63) is 34.8 Å². The Balaban J connectivity index is 2.85. The van der Waals surface area contributed by atoms with Crippen LogP contribution < -0.4 is 14.8 Å². The van der Waals surface area contributed by atoms with Gasteiger partial charge in [-0.25, -0.2) is 0 Å². The maximum absolute atomic E-state index is 5.70. The Morgan fingerprint density at radius 1 is 1.47 bits per heavy atom. The molecule has 0 saturated carbocycles. The Morgan fingerprint density at radius 2 is 2.21 bits per heavy atom. The number of hydrogen-bond acceptors (Lipinski definition) is 3. The van der Waals surface area contributed by atoms with Gasteiger partial charge in [0.05, 0.1) is 18.2 Å². The Kier molecular flexibility index (Phi) is 6.95. The van der Waals surface area contributed by atoms with Crippen LogP contribution in [0.25, 0.3) is 0 Å². The first kappa shape index (κ1) is 16.1. The largest absolute Gasteiger partial charge is 0.493 e. The van der Waals surface area contributed by atoms with Crippen LogP contribution >= 0.6 is 15.9 Å². The highest BCUT2D eigenvalue weighted by atomic mass is 79.9. The molecule has 0 aliphatic carbocycles. The van der Waals surface area contributed by atoms with Gasteiger partial charge in [-0.1, -0.05) is 13.0 Å². The van der Waals surface area contributed by atoms with Crippen molar-refractivity contribution in [2.24, 2.45) is 0 Å². The van der Waals surface area contributed by atoms with Gasteiger partial charge in [-0.05, 0) is 47.0 Å². The van der Waals surface area contributed by atoms with Crippen LogP contribution in [0.15, 0.2) is 29.3 Å². The molecule has 0 radical (unpaired) electrons. The summed E-state index contributed by atoms with van der Waals surface area (Å²) in [4.78, 5) is 0. The molecule has 0 bridgehead atoms. The van der Waals surface area contributed by atoms with E-state index in [0.717, 1.165) is 34.5 Å². The molecule has 0 amide bonds. The highest BCUT2D eigenvalue weighted by molar-refractivity contribution is 9.10. The predicted molar refractivity (Wildman–Crippen MR) is 83.0 cm³/mol. The summed E-state index contributed by atoms with van der Waals surface area (Å²) in [5.41, 5.74) is 1.14. The minimum Gasteiger partial charge on any atom is -0.493 e. The summed E-state index contributed by atoms with van der Waals surface area (Å²) >= 11 is 3.54. The van der Waals surface area contributed by atoms with Crippen molar-refractivity contribution in [1.82, 2.24) is 5.32 Å². The average Bonchev–Trinajstić information content (AvgIpc) is 2.42. The van der Waals surface area contributed by atoms with Crippen LogP contribution in [0, 0.1) is 0 Å². The van der Waals surface area contributed by atoms with Crippen LogP contribution in [-0.4, -0.2) is 19.8 Å². The molecule has 4 heteroatoms. The summed E-state index contributed by atoms with van der Waals surface area (Å²) in [7, 11) is 1.66. The number of rotatable bonds is 8. The molecule has 19 heavy (non-hydrogen) atoms. The zero-order valence-electron chi connectivity index (χ0n) is 11.8. The van der Waals surface area contributed by atoms with Gasteiger partial charge in [0.25, 0.3) is 0 Å². The van der Waals surface area contributed by atoms with Crippen molar-refractivity contribution in [2.45, 2.75) is 32.9 Å². The van der Waals surface area contributed by atoms with Crippen LogP contribution in [0.1, 0.15) is 25.8 Å². The molecular formula is C15H22BrNO2. The standard InChI is InChI=1S/C15H22BrNO2/c1-5-7-19-15-13(16)8-12(9-14(15)18-4)10-17-11(3)6-2/h6,8-9,11,17H,2,5,7,10H2,1,3-4H3. The van der Waals surface area contributed by atoms with E-state index < -0.39 is 0 Å². The highest BCUT2D eigenvalue weighted by Crippen LogP contribution is 2.36. The summed E-state index contributed by atoms with van der Waals surface area (Å²) in [6.07, 6.45) is 2.85. The summed E-state index contributed by atoms with van der Waals surface area (Å²) in [6, 6.07) is 4.33. The molecule has 0 fully saturated rings. The fourth-order valence-corrected chi connectivity index (χ4v) is 2.19. The summed E-state index contributed by atoms with van der Waals surface area (Å²) in [5, 5.41) is 3.35.